The highest BCUT2D eigenvalue weighted by Gasteiger charge is 2.32. The topological polar surface area (TPSA) is 80.1 Å². The summed E-state index contributed by atoms with van der Waals surface area (Å²) in [6, 6.07) is 1.48. The summed E-state index contributed by atoms with van der Waals surface area (Å²) in [5, 5.41) is 8.09. The molecule has 7 nitrogen and oxygen atoms in total. The molecule has 0 unspecified atom stereocenters. The van der Waals surface area contributed by atoms with Gasteiger partial charge in [0.25, 0.3) is 0 Å². The standard InChI is InChI=1S/C15H19N5O2/c1-9-12-7-11(8-16-14(12)19(3)18-9)17-15(22)13-5-4-6-20(13)10(2)21/h7-8,13H,4-6H2,1-3H3,(H,17,22)/t13-/m0/s1. The van der Waals surface area contributed by atoms with Gasteiger partial charge in [0.05, 0.1) is 17.6 Å². The fourth-order valence-electron chi connectivity index (χ4n) is 3.02. The van der Waals surface area contributed by atoms with Crippen LogP contribution in [-0.4, -0.2) is 44.1 Å². The third-order valence-electron chi connectivity index (χ3n) is 4.09. The summed E-state index contributed by atoms with van der Waals surface area (Å²) in [6.45, 7) is 4.05. The van der Waals surface area contributed by atoms with Crippen LogP contribution < -0.4 is 5.32 Å². The Morgan fingerprint density at radius 1 is 1.41 bits per heavy atom. The average molecular weight is 301 g/mol. The zero-order valence-corrected chi connectivity index (χ0v) is 13.0. The van der Waals surface area contributed by atoms with Gasteiger partial charge in [-0.1, -0.05) is 0 Å². The van der Waals surface area contributed by atoms with Gasteiger partial charge in [0.1, 0.15) is 6.04 Å². The van der Waals surface area contributed by atoms with Crippen LogP contribution in [0.2, 0.25) is 0 Å². The zero-order chi connectivity index (χ0) is 15.9. The molecular weight excluding hydrogens is 282 g/mol. The van der Waals surface area contributed by atoms with E-state index < -0.39 is 0 Å². The van der Waals surface area contributed by atoms with Crippen LogP contribution >= 0.6 is 0 Å². The molecule has 2 aromatic heterocycles. The molecule has 1 fully saturated rings. The Labute approximate surface area is 128 Å². The van der Waals surface area contributed by atoms with Crippen LogP contribution in [0.1, 0.15) is 25.5 Å². The molecule has 0 aromatic carbocycles. The Morgan fingerprint density at radius 3 is 2.91 bits per heavy atom. The van der Waals surface area contributed by atoms with Crippen LogP contribution in [0.5, 0.6) is 0 Å². The highest BCUT2D eigenvalue weighted by atomic mass is 16.2. The number of hydrogen-bond donors (Lipinski definition) is 1. The number of likely N-dealkylation sites (tertiary alicyclic amines) is 1. The van der Waals surface area contributed by atoms with Crippen molar-refractivity contribution in [3.63, 3.8) is 0 Å². The molecule has 3 heterocycles. The van der Waals surface area contributed by atoms with E-state index >= 15 is 0 Å². The number of hydrogen-bond acceptors (Lipinski definition) is 4. The van der Waals surface area contributed by atoms with Crippen molar-refractivity contribution < 1.29 is 9.59 Å². The lowest BCUT2D eigenvalue weighted by molar-refractivity contribution is -0.134. The summed E-state index contributed by atoms with van der Waals surface area (Å²) >= 11 is 0. The molecule has 3 rings (SSSR count). The minimum absolute atomic E-state index is 0.0608. The van der Waals surface area contributed by atoms with Crippen molar-refractivity contribution in [3.05, 3.63) is 18.0 Å². The number of aromatic nitrogens is 3. The second kappa shape index (κ2) is 5.40. The molecular formula is C15H19N5O2. The van der Waals surface area contributed by atoms with E-state index in [2.05, 4.69) is 15.4 Å². The van der Waals surface area contributed by atoms with E-state index in [1.54, 1.807) is 15.8 Å². The van der Waals surface area contributed by atoms with E-state index in [9.17, 15) is 9.59 Å². The Hall–Kier alpha value is -2.44. The minimum atomic E-state index is -0.386. The summed E-state index contributed by atoms with van der Waals surface area (Å²) in [4.78, 5) is 29.9. The average Bonchev–Trinajstić information content (AvgIpc) is 3.05. The highest BCUT2D eigenvalue weighted by Crippen LogP contribution is 2.22. The number of nitrogens with one attached hydrogen (secondary N) is 1. The van der Waals surface area contributed by atoms with Crippen molar-refractivity contribution in [1.29, 1.82) is 0 Å². The summed E-state index contributed by atoms with van der Waals surface area (Å²) in [5.74, 6) is -0.218. The maximum absolute atomic E-state index is 12.4. The van der Waals surface area contributed by atoms with Gasteiger partial charge in [-0.15, -0.1) is 0 Å². The molecule has 0 aliphatic carbocycles. The predicted molar refractivity (Wildman–Crippen MR) is 82.3 cm³/mol. The third-order valence-corrected chi connectivity index (χ3v) is 4.09. The molecule has 7 heteroatoms. The highest BCUT2D eigenvalue weighted by molar-refractivity contribution is 5.98. The number of nitrogens with zero attached hydrogens (tertiary/aromatic N) is 4. The second-order valence-corrected chi connectivity index (χ2v) is 5.66. The molecule has 2 amide bonds. The van der Waals surface area contributed by atoms with E-state index in [0.29, 0.717) is 18.7 Å². The van der Waals surface area contributed by atoms with E-state index in [4.69, 9.17) is 0 Å². The Morgan fingerprint density at radius 2 is 2.18 bits per heavy atom. The van der Waals surface area contributed by atoms with Crippen molar-refractivity contribution in [2.24, 2.45) is 7.05 Å². The van der Waals surface area contributed by atoms with Gasteiger partial charge in [0, 0.05) is 25.9 Å². The molecule has 0 spiro atoms. The van der Waals surface area contributed by atoms with Gasteiger partial charge < -0.3 is 10.2 Å². The van der Waals surface area contributed by atoms with E-state index in [0.717, 1.165) is 23.1 Å². The first-order chi connectivity index (χ1) is 10.5. The molecule has 0 bridgehead atoms. The SMILES string of the molecule is CC(=O)N1CCC[C@H]1C(=O)Nc1cnc2c(c1)c(C)nn2C. The lowest BCUT2D eigenvalue weighted by atomic mass is 10.2. The van der Waals surface area contributed by atoms with Crippen molar-refractivity contribution in [3.8, 4) is 0 Å². The number of carbonyl (C=O) groups excluding carboxylic acids is 2. The molecule has 1 aliphatic heterocycles. The predicted octanol–water partition coefficient (Wildman–Crippen LogP) is 1.23. The molecule has 1 aliphatic rings. The number of anilines is 1. The van der Waals surface area contributed by atoms with Crippen LogP contribution in [-0.2, 0) is 16.6 Å². The number of carbonyl (C=O) groups is 2. The van der Waals surface area contributed by atoms with Crippen LogP contribution in [0, 0.1) is 6.92 Å². The first-order valence-electron chi connectivity index (χ1n) is 7.35. The summed E-state index contributed by atoms with van der Waals surface area (Å²) < 4.78 is 1.71. The third kappa shape index (κ3) is 2.43. The molecule has 0 saturated carbocycles. The fraction of sp³-hybridized carbons (Fsp3) is 0.467. The largest absolute Gasteiger partial charge is 0.331 e. The number of fused-ring (bicyclic) bond motifs is 1. The van der Waals surface area contributed by atoms with Gasteiger partial charge in [-0.25, -0.2) is 4.98 Å². The summed E-state index contributed by atoms with van der Waals surface area (Å²) in [7, 11) is 1.84. The van der Waals surface area contributed by atoms with Gasteiger partial charge in [-0.3, -0.25) is 14.3 Å². The number of amides is 2. The van der Waals surface area contributed by atoms with E-state index in [1.165, 1.54) is 6.92 Å². The van der Waals surface area contributed by atoms with Gasteiger partial charge in [-0.2, -0.15) is 5.10 Å². The monoisotopic (exact) mass is 301 g/mol. The zero-order valence-electron chi connectivity index (χ0n) is 13.0. The number of rotatable bonds is 2. The first kappa shape index (κ1) is 14.5. The van der Waals surface area contributed by atoms with Gasteiger partial charge in [0.15, 0.2) is 5.65 Å². The smallest absolute Gasteiger partial charge is 0.247 e. The van der Waals surface area contributed by atoms with Gasteiger partial charge in [-0.05, 0) is 25.8 Å². The Bertz CT molecular complexity index is 752. The molecule has 22 heavy (non-hydrogen) atoms. The quantitative estimate of drug-likeness (QED) is 0.904. The summed E-state index contributed by atoms with van der Waals surface area (Å²) in [6.07, 6.45) is 3.18. The van der Waals surface area contributed by atoms with E-state index in [1.807, 2.05) is 20.0 Å². The van der Waals surface area contributed by atoms with Crippen LogP contribution in [0.4, 0.5) is 5.69 Å². The molecule has 1 saturated heterocycles. The maximum atomic E-state index is 12.4. The number of pyridine rings is 1. The normalized spacial score (nSPS) is 18.0. The van der Waals surface area contributed by atoms with E-state index in [-0.39, 0.29) is 17.9 Å². The Balaban J connectivity index is 1.82. The minimum Gasteiger partial charge on any atom is -0.331 e. The van der Waals surface area contributed by atoms with Crippen LogP contribution in [0.15, 0.2) is 12.3 Å². The van der Waals surface area contributed by atoms with Crippen molar-refractivity contribution in [1.82, 2.24) is 19.7 Å². The molecule has 2 aromatic rings. The lowest BCUT2D eigenvalue weighted by Crippen LogP contribution is -2.42. The lowest BCUT2D eigenvalue weighted by Gasteiger charge is -2.22. The van der Waals surface area contributed by atoms with Crippen molar-refractivity contribution in [2.45, 2.75) is 32.7 Å². The van der Waals surface area contributed by atoms with Crippen LogP contribution in [0.3, 0.4) is 0 Å². The second-order valence-electron chi connectivity index (χ2n) is 5.66. The van der Waals surface area contributed by atoms with Gasteiger partial charge in [0.2, 0.25) is 11.8 Å². The number of aryl methyl sites for hydroxylation is 2. The Kier molecular flexibility index (Phi) is 3.56. The molecule has 1 N–H and O–H groups in total. The molecule has 0 radical (unpaired) electrons. The fourth-order valence-corrected chi connectivity index (χ4v) is 3.02. The first-order valence-corrected chi connectivity index (χ1v) is 7.35. The van der Waals surface area contributed by atoms with Gasteiger partial charge >= 0.3 is 0 Å². The van der Waals surface area contributed by atoms with Crippen LogP contribution in [0.25, 0.3) is 11.0 Å². The summed E-state index contributed by atoms with van der Waals surface area (Å²) in [5.41, 5.74) is 2.28. The molecule has 116 valence electrons. The molecule has 1 atom stereocenters. The maximum Gasteiger partial charge on any atom is 0.247 e. The van der Waals surface area contributed by atoms with Crippen molar-refractivity contribution >= 4 is 28.5 Å². The van der Waals surface area contributed by atoms with Crippen molar-refractivity contribution in [2.75, 3.05) is 11.9 Å².